The lowest BCUT2D eigenvalue weighted by atomic mass is 9.97. The number of nitrogens with one attached hydrogen (secondary N) is 1. The van der Waals surface area contributed by atoms with Crippen LogP contribution in [0.1, 0.15) is 53.9 Å². The summed E-state index contributed by atoms with van der Waals surface area (Å²) in [6.45, 7) is 12.2. The molecule has 0 aliphatic heterocycles. The molecule has 0 aromatic carbocycles. The van der Waals surface area contributed by atoms with E-state index in [2.05, 4.69) is 5.32 Å². The molecule has 5 heteroatoms. The molecular weight excluding hydrogens is 270 g/mol. The second kappa shape index (κ2) is 8.11. The fourth-order valence-corrected chi connectivity index (χ4v) is 2.73. The summed E-state index contributed by atoms with van der Waals surface area (Å²) in [5.74, 6) is -0.149. The predicted molar refractivity (Wildman–Crippen MR) is 82.3 cm³/mol. The van der Waals surface area contributed by atoms with Crippen molar-refractivity contribution in [1.82, 2.24) is 5.32 Å². The first-order valence-electron chi connectivity index (χ1n) is 8.01. The first-order valence-corrected chi connectivity index (χ1v) is 8.01. The van der Waals surface area contributed by atoms with Gasteiger partial charge in [0.05, 0.1) is 31.5 Å². The minimum absolute atomic E-state index is 0.0945. The number of esters is 1. The van der Waals surface area contributed by atoms with Crippen LogP contribution in [0.5, 0.6) is 0 Å². The predicted octanol–water partition coefficient (Wildman–Crippen LogP) is 2.28. The molecule has 1 rings (SSSR count). The molecule has 0 aromatic heterocycles. The molecular formula is C16H31NO4. The lowest BCUT2D eigenvalue weighted by molar-refractivity contribution is -0.151. The van der Waals surface area contributed by atoms with Crippen LogP contribution in [0.15, 0.2) is 0 Å². The number of hydrogen-bond donors (Lipinski definition) is 1. The Hall–Kier alpha value is -0.650. The van der Waals surface area contributed by atoms with Crippen molar-refractivity contribution in [1.29, 1.82) is 0 Å². The minimum atomic E-state index is -0.569. The molecule has 0 bridgehead atoms. The Morgan fingerprint density at radius 3 is 2.57 bits per heavy atom. The first-order chi connectivity index (χ1) is 9.83. The van der Waals surface area contributed by atoms with Gasteiger partial charge in [0.25, 0.3) is 0 Å². The van der Waals surface area contributed by atoms with E-state index < -0.39 is 5.54 Å². The summed E-state index contributed by atoms with van der Waals surface area (Å²) in [5, 5.41) is 3.30. The van der Waals surface area contributed by atoms with E-state index in [0.717, 1.165) is 19.4 Å². The molecule has 2 unspecified atom stereocenters. The monoisotopic (exact) mass is 301 g/mol. The van der Waals surface area contributed by atoms with Gasteiger partial charge in [-0.25, -0.2) is 0 Å². The standard InChI is InChI=1S/C16H31NO4/c1-6-17-16(14(18)19-7-2)9-8-13(12-16)20-10-11-21-15(3,4)5/h13,17H,6-12H2,1-5H3. The highest BCUT2D eigenvalue weighted by Gasteiger charge is 2.46. The Bertz CT molecular complexity index is 327. The Morgan fingerprint density at radius 2 is 2.00 bits per heavy atom. The van der Waals surface area contributed by atoms with E-state index in [1.807, 2.05) is 34.6 Å². The second-order valence-electron chi connectivity index (χ2n) is 6.53. The molecule has 0 heterocycles. The van der Waals surface area contributed by atoms with E-state index >= 15 is 0 Å². The third-order valence-corrected chi connectivity index (χ3v) is 3.62. The Balaban J connectivity index is 2.42. The fourth-order valence-electron chi connectivity index (χ4n) is 2.73. The maximum Gasteiger partial charge on any atom is 0.326 e. The lowest BCUT2D eigenvalue weighted by Crippen LogP contribution is -2.51. The van der Waals surface area contributed by atoms with Crippen LogP contribution in [0, 0.1) is 0 Å². The van der Waals surface area contributed by atoms with Crippen molar-refractivity contribution in [3.63, 3.8) is 0 Å². The number of carbonyl (C=O) groups excluding carboxylic acids is 1. The molecule has 21 heavy (non-hydrogen) atoms. The summed E-state index contributed by atoms with van der Waals surface area (Å²) in [6, 6.07) is 0. The van der Waals surface area contributed by atoms with Crippen molar-refractivity contribution in [2.24, 2.45) is 0 Å². The van der Waals surface area contributed by atoms with Crippen molar-refractivity contribution >= 4 is 5.97 Å². The highest BCUT2D eigenvalue weighted by atomic mass is 16.5. The largest absolute Gasteiger partial charge is 0.465 e. The first kappa shape index (κ1) is 18.4. The fraction of sp³-hybridized carbons (Fsp3) is 0.938. The topological polar surface area (TPSA) is 56.8 Å². The van der Waals surface area contributed by atoms with Crippen molar-refractivity contribution in [2.75, 3.05) is 26.4 Å². The van der Waals surface area contributed by atoms with Crippen molar-refractivity contribution in [3.8, 4) is 0 Å². The van der Waals surface area contributed by atoms with Crippen LogP contribution >= 0.6 is 0 Å². The van der Waals surface area contributed by atoms with E-state index in [4.69, 9.17) is 14.2 Å². The number of hydrogen-bond acceptors (Lipinski definition) is 5. The SMILES string of the molecule is CCNC1(C(=O)OCC)CCC(OCCOC(C)(C)C)C1. The Kier molecular flexibility index (Phi) is 7.10. The maximum atomic E-state index is 12.2. The van der Waals surface area contributed by atoms with E-state index in [1.165, 1.54) is 0 Å². The summed E-state index contributed by atoms with van der Waals surface area (Å²) >= 11 is 0. The van der Waals surface area contributed by atoms with E-state index in [9.17, 15) is 4.79 Å². The number of likely N-dealkylation sites (N-methyl/N-ethyl adjacent to an activating group) is 1. The molecule has 2 atom stereocenters. The lowest BCUT2D eigenvalue weighted by Gasteiger charge is -2.27. The highest BCUT2D eigenvalue weighted by molar-refractivity contribution is 5.81. The quantitative estimate of drug-likeness (QED) is 0.550. The number of rotatable bonds is 8. The molecule has 0 spiro atoms. The van der Waals surface area contributed by atoms with Crippen molar-refractivity contribution in [2.45, 2.75) is 71.1 Å². The molecule has 0 saturated heterocycles. The molecule has 1 saturated carbocycles. The summed E-state index contributed by atoms with van der Waals surface area (Å²) in [7, 11) is 0. The van der Waals surface area contributed by atoms with Crippen LogP contribution in [0.4, 0.5) is 0 Å². The van der Waals surface area contributed by atoms with Crippen LogP contribution in [-0.2, 0) is 19.0 Å². The average Bonchev–Trinajstić information content (AvgIpc) is 2.79. The zero-order chi connectivity index (χ0) is 15.9. The second-order valence-corrected chi connectivity index (χ2v) is 6.53. The summed E-state index contributed by atoms with van der Waals surface area (Å²) < 4.78 is 16.7. The Labute approximate surface area is 128 Å². The Morgan fingerprint density at radius 1 is 1.29 bits per heavy atom. The van der Waals surface area contributed by atoms with E-state index in [1.54, 1.807) is 0 Å². The van der Waals surface area contributed by atoms with Gasteiger partial charge in [0, 0.05) is 6.42 Å². The molecule has 0 amide bonds. The highest BCUT2D eigenvalue weighted by Crippen LogP contribution is 2.33. The van der Waals surface area contributed by atoms with Gasteiger partial charge in [0.15, 0.2) is 0 Å². The van der Waals surface area contributed by atoms with Gasteiger partial charge in [-0.15, -0.1) is 0 Å². The van der Waals surface area contributed by atoms with Crippen molar-refractivity contribution < 1.29 is 19.0 Å². The normalized spacial score (nSPS) is 26.0. The van der Waals surface area contributed by atoms with Crippen molar-refractivity contribution in [3.05, 3.63) is 0 Å². The zero-order valence-electron chi connectivity index (χ0n) is 14.2. The summed E-state index contributed by atoms with van der Waals surface area (Å²) in [5.41, 5.74) is -0.711. The smallest absolute Gasteiger partial charge is 0.326 e. The zero-order valence-corrected chi connectivity index (χ0v) is 14.2. The maximum absolute atomic E-state index is 12.2. The molecule has 124 valence electrons. The van der Waals surface area contributed by atoms with Gasteiger partial charge in [-0.1, -0.05) is 6.92 Å². The van der Waals surface area contributed by atoms with Gasteiger partial charge in [0.2, 0.25) is 0 Å². The van der Waals surface area contributed by atoms with Crippen LogP contribution in [-0.4, -0.2) is 49.6 Å². The van der Waals surface area contributed by atoms with Gasteiger partial charge in [-0.3, -0.25) is 4.79 Å². The summed E-state index contributed by atoms with van der Waals surface area (Å²) in [6.07, 6.45) is 2.41. The number of carbonyl (C=O) groups is 1. The van der Waals surface area contributed by atoms with Gasteiger partial charge < -0.3 is 19.5 Å². The minimum Gasteiger partial charge on any atom is -0.465 e. The van der Waals surface area contributed by atoms with Gasteiger partial charge >= 0.3 is 5.97 Å². The van der Waals surface area contributed by atoms with E-state index in [-0.39, 0.29) is 17.7 Å². The molecule has 1 fully saturated rings. The van der Waals surface area contributed by atoms with Crippen LogP contribution in [0.3, 0.4) is 0 Å². The summed E-state index contributed by atoms with van der Waals surface area (Å²) in [4.78, 5) is 12.2. The molecule has 1 aliphatic carbocycles. The molecule has 0 aromatic rings. The average molecular weight is 301 g/mol. The van der Waals surface area contributed by atoms with Gasteiger partial charge in [-0.2, -0.15) is 0 Å². The van der Waals surface area contributed by atoms with Gasteiger partial charge in [0.1, 0.15) is 5.54 Å². The van der Waals surface area contributed by atoms with Crippen LogP contribution in [0.25, 0.3) is 0 Å². The van der Waals surface area contributed by atoms with E-state index in [0.29, 0.717) is 26.2 Å². The number of ether oxygens (including phenoxy) is 3. The molecule has 5 nitrogen and oxygen atoms in total. The van der Waals surface area contributed by atoms with Crippen LogP contribution < -0.4 is 5.32 Å². The third kappa shape index (κ3) is 5.93. The van der Waals surface area contributed by atoms with Gasteiger partial charge in [-0.05, 0) is 47.1 Å². The molecule has 0 radical (unpaired) electrons. The molecule has 1 N–H and O–H groups in total. The molecule has 1 aliphatic rings. The third-order valence-electron chi connectivity index (χ3n) is 3.62. The van der Waals surface area contributed by atoms with Crippen LogP contribution in [0.2, 0.25) is 0 Å².